The Bertz CT molecular complexity index is 384. The van der Waals surface area contributed by atoms with Crippen LogP contribution in [0.2, 0.25) is 0 Å². The smallest absolute Gasteiger partial charge is 0.118 e. The predicted octanol–water partition coefficient (Wildman–Crippen LogP) is 3.46. The van der Waals surface area contributed by atoms with E-state index >= 15 is 0 Å². The molecule has 0 saturated carbocycles. The second-order valence-corrected chi connectivity index (χ2v) is 5.73. The Morgan fingerprint density at radius 3 is 3.00 bits per heavy atom. The van der Waals surface area contributed by atoms with Crippen molar-refractivity contribution in [3.8, 4) is 0 Å². The zero-order valence-electron chi connectivity index (χ0n) is 12.7. The normalized spacial score (nSPS) is 20.9. The van der Waals surface area contributed by atoms with Gasteiger partial charge in [-0.15, -0.1) is 0 Å². The Balaban J connectivity index is 2.00. The largest absolute Gasteiger partial charge is 0.465 e. The summed E-state index contributed by atoms with van der Waals surface area (Å²) in [5, 5.41) is 3.20. The second kappa shape index (κ2) is 7.11. The highest BCUT2D eigenvalue weighted by Crippen LogP contribution is 2.24. The summed E-state index contributed by atoms with van der Waals surface area (Å²) in [5.74, 6) is 2.19. The summed E-state index contributed by atoms with van der Waals surface area (Å²) < 4.78 is 5.91. The fourth-order valence-electron chi connectivity index (χ4n) is 3.16. The van der Waals surface area contributed by atoms with Crippen molar-refractivity contribution in [2.75, 3.05) is 13.6 Å². The molecule has 1 atom stereocenters. The van der Waals surface area contributed by atoms with Crippen molar-refractivity contribution < 1.29 is 4.42 Å². The number of furan rings is 1. The molecule has 3 heteroatoms. The van der Waals surface area contributed by atoms with Gasteiger partial charge in [-0.1, -0.05) is 19.8 Å². The minimum atomic E-state index is 0.761. The van der Waals surface area contributed by atoms with Crippen molar-refractivity contribution in [1.29, 1.82) is 0 Å². The zero-order chi connectivity index (χ0) is 13.7. The molecule has 1 N–H and O–H groups in total. The van der Waals surface area contributed by atoms with Gasteiger partial charge in [0.2, 0.25) is 0 Å². The van der Waals surface area contributed by atoms with Gasteiger partial charge >= 0.3 is 0 Å². The van der Waals surface area contributed by atoms with Gasteiger partial charge in [0.15, 0.2) is 0 Å². The Labute approximate surface area is 117 Å². The third kappa shape index (κ3) is 3.83. The van der Waals surface area contributed by atoms with Crippen LogP contribution in [0.15, 0.2) is 10.5 Å². The lowest BCUT2D eigenvalue weighted by Crippen LogP contribution is -2.38. The Kier molecular flexibility index (Phi) is 5.46. The van der Waals surface area contributed by atoms with Gasteiger partial charge in [0.05, 0.1) is 6.54 Å². The number of nitrogens with zero attached hydrogens (tertiary/aromatic N) is 1. The van der Waals surface area contributed by atoms with Crippen LogP contribution < -0.4 is 5.32 Å². The van der Waals surface area contributed by atoms with Crippen molar-refractivity contribution >= 4 is 0 Å². The number of piperidine rings is 1. The van der Waals surface area contributed by atoms with Crippen molar-refractivity contribution in [3.05, 3.63) is 23.2 Å². The standard InChI is InChI=1S/C16H28N2O/c1-4-7-15-8-5-6-9-18(15)12-16-10-14(11-17-3)13(2)19-16/h10,15,17H,4-9,11-12H2,1-3H3. The van der Waals surface area contributed by atoms with Crippen LogP contribution in [0.3, 0.4) is 0 Å². The van der Waals surface area contributed by atoms with E-state index in [4.69, 9.17) is 4.42 Å². The molecular formula is C16H28N2O. The van der Waals surface area contributed by atoms with Crippen molar-refractivity contribution in [2.24, 2.45) is 0 Å². The van der Waals surface area contributed by atoms with E-state index in [1.165, 1.54) is 44.2 Å². The van der Waals surface area contributed by atoms with Crippen LogP contribution in [0.25, 0.3) is 0 Å². The molecule has 108 valence electrons. The van der Waals surface area contributed by atoms with Gasteiger partial charge in [-0.3, -0.25) is 4.90 Å². The molecule has 1 aliphatic heterocycles. The lowest BCUT2D eigenvalue weighted by Gasteiger charge is -2.35. The molecule has 1 unspecified atom stereocenters. The highest BCUT2D eigenvalue weighted by Gasteiger charge is 2.22. The fraction of sp³-hybridized carbons (Fsp3) is 0.750. The number of rotatable bonds is 6. The van der Waals surface area contributed by atoms with Crippen molar-refractivity contribution in [3.63, 3.8) is 0 Å². The molecular weight excluding hydrogens is 236 g/mol. The minimum Gasteiger partial charge on any atom is -0.465 e. The number of hydrogen-bond donors (Lipinski definition) is 1. The Morgan fingerprint density at radius 2 is 2.26 bits per heavy atom. The average Bonchev–Trinajstić information content (AvgIpc) is 2.73. The predicted molar refractivity (Wildman–Crippen MR) is 79.2 cm³/mol. The third-order valence-corrected chi connectivity index (χ3v) is 4.17. The van der Waals surface area contributed by atoms with E-state index in [2.05, 4.69) is 30.1 Å². The molecule has 1 aromatic rings. The summed E-state index contributed by atoms with van der Waals surface area (Å²) in [6, 6.07) is 2.99. The molecule has 0 bridgehead atoms. The summed E-state index contributed by atoms with van der Waals surface area (Å²) in [6.07, 6.45) is 6.69. The van der Waals surface area contributed by atoms with E-state index in [9.17, 15) is 0 Å². The molecule has 19 heavy (non-hydrogen) atoms. The second-order valence-electron chi connectivity index (χ2n) is 5.73. The first kappa shape index (κ1) is 14.6. The molecule has 2 rings (SSSR count). The van der Waals surface area contributed by atoms with Crippen LogP contribution in [-0.2, 0) is 13.1 Å². The highest BCUT2D eigenvalue weighted by atomic mass is 16.3. The first-order valence-corrected chi connectivity index (χ1v) is 7.71. The molecule has 0 spiro atoms. The van der Waals surface area contributed by atoms with Gasteiger partial charge in [-0.25, -0.2) is 0 Å². The van der Waals surface area contributed by atoms with E-state index in [-0.39, 0.29) is 0 Å². The Hall–Kier alpha value is -0.800. The SMILES string of the molecule is CCCC1CCCCN1Cc1cc(CNC)c(C)o1. The average molecular weight is 264 g/mol. The van der Waals surface area contributed by atoms with E-state index in [1.807, 2.05) is 7.05 Å². The van der Waals surface area contributed by atoms with E-state index in [0.717, 1.165) is 30.7 Å². The summed E-state index contributed by atoms with van der Waals surface area (Å²) in [7, 11) is 1.98. The summed E-state index contributed by atoms with van der Waals surface area (Å²) in [6.45, 7) is 7.46. The molecule has 0 amide bonds. The Morgan fingerprint density at radius 1 is 1.42 bits per heavy atom. The molecule has 0 radical (unpaired) electrons. The summed E-state index contributed by atoms with van der Waals surface area (Å²) in [5.41, 5.74) is 1.29. The van der Waals surface area contributed by atoms with E-state index < -0.39 is 0 Å². The van der Waals surface area contributed by atoms with E-state index in [0.29, 0.717) is 0 Å². The lowest BCUT2D eigenvalue weighted by molar-refractivity contribution is 0.122. The summed E-state index contributed by atoms with van der Waals surface area (Å²) >= 11 is 0. The molecule has 2 heterocycles. The van der Waals surface area contributed by atoms with Gasteiger partial charge in [0, 0.05) is 18.2 Å². The van der Waals surface area contributed by atoms with Crippen molar-refractivity contribution in [2.45, 2.75) is 65.1 Å². The molecule has 1 saturated heterocycles. The third-order valence-electron chi connectivity index (χ3n) is 4.17. The molecule has 1 aromatic heterocycles. The van der Waals surface area contributed by atoms with Gasteiger partial charge in [0.25, 0.3) is 0 Å². The van der Waals surface area contributed by atoms with Gasteiger partial charge in [0.1, 0.15) is 11.5 Å². The fourth-order valence-corrected chi connectivity index (χ4v) is 3.16. The van der Waals surface area contributed by atoms with Crippen LogP contribution >= 0.6 is 0 Å². The number of nitrogens with one attached hydrogen (secondary N) is 1. The molecule has 1 aliphatic rings. The number of hydrogen-bond acceptors (Lipinski definition) is 3. The van der Waals surface area contributed by atoms with Crippen LogP contribution in [0.4, 0.5) is 0 Å². The van der Waals surface area contributed by atoms with Crippen LogP contribution in [0.5, 0.6) is 0 Å². The highest BCUT2D eigenvalue weighted by molar-refractivity contribution is 5.20. The van der Waals surface area contributed by atoms with Crippen LogP contribution in [-0.4, -0.2) is 24.5 Å². The van der Waals surface area contributed by atoms with E-state index in [1.54, 1.807) is 0 Å². The van der Waals surface area contributed by atoms with Crippen molar-refractivity contribution in [1.82, 2.24) is 10.2 Å². The van der Waals surface area contributed by atoms with Crippen LogP contribution in [0.1, 0.15) is 56.1 Å². The maximum Gasteiger partial charge on any atom is 0.118 e. The maximum atomic E-state index is 5.91. The van der Waals surface area contributed by atoms with Gasteiger partial charge in [-0.2, -0.15) is 0 Å². The quantitative estimate of drug-likeness (QED) is 0.853. The summed E-state index contributed by atoms with van der Waals surface area (Å²) in [4.78, 5) is 2.62. The van der Waals surface area contributed by atoms with Gasteiger partial charge < -0.3 is 9.73 Å². The minimum absolute atomic E-state index is 0.761. The maximum absolute atomic E-state index is 5.91. The lowest BCUT2D eigenvalue weighted by atomic mass is 9.98. The topological polar surface area (TPSA) is 28.4 Å². The monoisotopic (exact) mass is 264 g/mol. The first-order valence-electron chi connectivity index (χ1n) is 7.71. The van der Waals surface area contributed by atoms with Gasteiger partial charge in [-0.05, 0) is 45.8 Å². The molecule has 0 aliphatic carbocycles. The first-order chi connectivity index (χ1) is 9.24. The molecule has 1 fully saturated rings. The molecule has 0 aromatic carbocycles. The molecule has 3 nitrogen and oxygen atoms in total. The van der Waals surface area contributed by atoms with Crippen LogP contribution in [0, 0.1) is 6.92 Å². The number of aryl methyl sites for hydroxylation is 1. The zero-order valence-corrected chi connectivity index (χ0v) is 12.7. The number of likely N-dealkylation sites (tertiary alicyclic amines) is 1.